The Morgan fingerprint density at radius 2 is 1.88 bits per heavy atom. The highest BCUT2D eigenvalue weighted by Gasteiger charge is 2.10. The van der Waals surface area contributed by atoms with Gasteiger partial charge in [-0.15, -0.1) is 13.2 Å². The summed E-state index contributed by atoms with van der Waals surface area (Å²) in [5.41, 5.74) is 6.36. The summed E-state index contributed by atoms with van der Waals surface area (Å²) in [6, 6.07) is 0.167. The van der Waals surface area contributed by atoms with Gasteiger partial charge in [0.05, 0.1) is 6.04 Å². The maximum Gasteiger partial charge on any atom is 0.136 e. The minimum atomic E-state index is 0.167. The van der Waals surface area contributed by atoms with Gasteiger partial charge in [0.2, 0.25) is 0 Å². The number of hydrogen-bond donors (Lipinski definition) is 2. The van der Waals surface area contributed by atoms with Crippen molar-refractivity contribution in [3.05, 3.63) is 74.0 Å². The van der Waals surface area contributed by atoms with Crippen LogP contribution in [0.1, 0.15) is 40.0 Å². The van der Waals surface area contributed by atoms with E-state index in [-0.39, 0.29) is 6.04 Å². The minimum Gasteiger partial charge on any atom is -0.399 e. The molecule has 3 heteroatoms. The Bertz CT molecular complexity index is 387. The standard InChI is InChI=1S/C12H17N.C5H9NO.C2H6.C2H4/c1-3-5-6-7-8-9-10-11-12(13)4-2;7-4-5-2-1-3-6-5;2*1-2/h3-8,10-11H,1,9,13H2,2H3;4-6H,1-3H2;1-2H3;1-2H2/b6-5-,8-7+,11-10-,12-4+;;;. The van der Waals surface area contributed by atoms with Gasteiger partial charge < -0.3 is 15.8 Å². The van der Waals surface area contributed by atoms with Crippen molar-refractivity contribution in [3.8, 4) is 0 Å². The monoisotopic (exact) mass is 332 g/mol. The molecule has 0 spiro atoms. The molecule has 1 atom stereocenters. The summed E-state index contributed by atoms with van der Waals surface area (Å²) >= 11 is 0. The molecule has 0 saturated carbocycles. The normalized spacial score (nSPS) is 16.6. The van der Waals surface area contributed by atoms with Gasteiger partial charge in [-0.25, -0.2) is 0 Å². The van der Waals surface area contributed by atoms with E-state index in [0.717, 1.165) is 37.8 Å². The van der Waals surface area contributed by atoms with Crippen LogP contribution in [0.2, 0.25) is 0 Å². The molecule has 0 aliphatic carbocycles. The second-order valence-electron chi connectivity index (χ2n) is 4.31. The van der Waals surface area contributed by atoms with Crippen LogP contribution < -0.4 is 11.1 Å². The number of carbonyl (C=O) groups excluding carboxylic acids is 1. The van der Waals surface area contributed by atoms with Gasteiger partial charge in [0.15, 0.2) is 0 Å². The van der Waals surface area contributed by atoms with Crippen molar-refractivity contribution in [2.75, 3.05) is 6.54 Å². The first-order valence-electron chi connectivity index (χ1n) is 8.45. The first-order chi connectivity index (χ1) is 11.7. The number of hydrogen-bond acceptors (Lipinski definition) is 3. The Morgan fingerprint density at radius 3 is 2.29 bits per heavy atom. The Hall–Kier alpha value is -2.13. The summed E-state index contributed by atoms with van der Waals surface area (Å²) in [4.78, 5) is 9.94. The molecule has 0 aromatic carbocycles. The molecule has 0 amide bonds. The molecule has 0 bridgehead atoms. The summed E-state index contributed by atoms with van der Waals surface area (Å²) in [5.74, 6) is 0. The fourth-order valence-corrected chi connectivity index (χ4v) is 1.51. The van der Waals surface area contributed by atoms with Gasteiger partial charge >= 0.3 is 0 Å². The molecule has 0 aromatic rings. The Balaban J connectivity index is -0.000000335. The molecule has 0 aromatic heterocycles. The summed E-state index contributed by atoms with van der Waals surface area (Å²) in [6.07, 6.45) is 19.5. The van der Waals surface area contributed by atoms with Crippen molar-refractivity contribution in [2.24, 2.45) is 5.73 Å². The predicted molar refractivity (Wildman–Crippen MR) is 110 cm³/mol. The average Bonchev–Trinajstić information content (AvgIpc) is 3.18. The summed E-state index contributed by atoms with van der Waals surface area (Å²) in [6.45, 7) is 16.5. The highest BCUT2D eigenvalue weighted by Crippen LogP contribution is 2.00. The maximum absolute atomic E-state index is 9.94. The molecule has 1 aliphatic rings. The molecule has 0 radical (unpaired) electrons. The maximum atomic E-state index is 9.94. The SMILES string of the molecule is C=C.C=C/C=C\C=C\C/C=C\C(N)=C/C.CC.O=CC1CCCN1. The van der Waals surface area contributed by atoms with Crippen LogP contribution in [0, 0.1) is 0 Å². The number of nitrogens with one attached hydrogen (secondary N) is 1. The highest BCUT2D eigenvalue weighted by molar-refractivity contribution is 5.57. The third-order valence-corrected chi connectivity index (χ3v) is 2.67. The first-order valence-corrected chi connectivity index (χ1v) is 8.45. The lowest BCUT2D eigenvalue weighted by Gasteiger charge is -1.93. The van der Waals surface area contributed by atoms with Crippen LogP contribution in [0.4, 0.5) is 0 Å². The van der Waals surface area contributed by atoms with E-state index >= 15 is 0 Å². The average molecular weight is 333 g/mol. The van der Waals surface area contributed by atoms with Crippen LogP contribution in [0.3, 0.4) is 0 Å². The largest absolute Gasteiger partial charge is 0.399 e. The van der Waals surface area contributed by atoms with E-state index in [1.807, 2.05) is 57.2 Å². The van der Waals surface area contributed by atoms with Gasteiger partial charge in [0.25, 0.3) is 0 Å². The van der Waals surface area contributed by atoms with Crippen molar-refractivity contribution in [3.63, 3.8) is 0 Å². The second-order valence-corrected chi connectivity index (χ2v) is 4.31. The highest BCUT2D eigenvalue weighted by atomic mass is 16.1. The molecular formula is C21H36N2O. The van der Waals surface area contributed by atoms with Gasteiger partial charge in [-0.05, 0) is 38.8 Å². The van der Waals surface area contributed by atoms with Crippen molar-refractivity contribution < 1.29 is 4.79 Å². The summed E-state index contributed by atoms with van der Waals surface area (Å²) in [7, 11) is 0. The van der Waals surface area contributed by atoms with E-state index in [0.29, 0.717) is 0 Å². The Kier molecular flexibility index (Phi) is 28.8. The zero-order valence-electron chi connectivity index (χ0n) is 15.7. The van der Waals surface area contributed by atoms with E-state index < -0.39 is 0 Å². The molecule has 1 saturated heterocycles. The van der Waals surface area contributed by atoms with Crippen LogP contribution in [0.15, 0.2) is 74.0 Å². The minimum absolute atomic E-state index is 0.167. The number of nitrogens with two attached hydrogens (primary N) is 1. The first kappa shape index (κ1) is 26.8. The van der Waals surface area contributed by atoms with E-state index in [4.69, 9.17) is 5.73 Å². The number of carbonyl (C=O) groups is 1. The van der Waals surface area contributed by atoms with Gasteiger partial charge in [-0.2, -0.15) is 0 Å². The molecule has 136 valence electrons. The molecular weight excluding hydrogens is 296 g/mol. The van der Waals surface area contributed by atoms with Crippen LogP contribution in [0.25, 0.3) is 0 Å². The van der Waals surface area contributed by atoms with E-state index in [2.05, 4.69) is 31.1 Å². The van der Waals surface area contributed by atoms with Gasteiger partial charge in [-0.3, -0.25) is 0 Å². The molecule has 1 rings (SSSR count). The predicted octanol–water partition coefficient (Wildman–Crippen LogP) is 4.86. The Labute approximate surface area is 149 Å². The smallest absolute Gasteiger partial charge is 0.136 e. The van der Waals surface area contributed by atoms with Crippen molar-refractivity contribution >= 4 is 6.29 Å². The molecule has 1 heterocycles. The van der Waals surface area contributed by atoms with E-state index in [1.165, 1.54) is 0 Å². The molecule has 24 heavy (non-hydrogen) atoms. The number of allylic oxidation sites excluding steroid dienone is 8. The van der Waals surface area contributed by atoms with Crippen molar-refractivity contribution in [1.29, 1.82) is 0 Å². The number of aldehydes is 1. The molecule has 1 fully saturated rings. The zero-order chi connectivity index (χ0) is 19.1. The molecule has 3 nitrogen and oxygen atoms in total. The lowest BCUT2D eigenvalue weighted by atomic mass is 10.2. The number of rotatable bonds is 6. The van der Waals surface area contributed by atoms with Crippen LogP contribution in [-0.2, 0) is 4.79 Å². The third kappa shape index (κ3) is 22.2. The lowest BCUT2D eigenvalue weighted by molar-refractivity contribution is -0.109. The fourth-order valence-electron chi connectivity index (χ4n) is 1.51. The van der Waals surface area contributed by atoms with Crippen LogP contribution in [0.5, 0.6) is 0 Å². The molecule has 1 unspecified atom stereocenters. The van der Waals surface area contributed by atoms with Gasteiger partial charge in [0.1, 0.15) is 6.29 Å². The van der Waals surface area contributed by atoms with Crippen molar-refractivity contribution in [1.82, 2.24) is 5.32 Å². The third-order valence-electron chi connectivity index (χ3n) is 2.67. The summed E-state index contributed by atoms with van der Waals surface area (Å²) in [5, 5.41) is 3.04. The lowest BCUT2D eigenvalue weighted by Crippen LogP contribution is -2.21. The Morgan fingerprint density at radius 1 is 1.21 bits per heavy atom. The molecule has 3 N–H and O–H groups in total. The second kappa shape index (κ2) is 25.8. The molecule has 1 aliphatic heterocycles. The van der Waals surface area contributed by atoms with Crippen LogP contribution in [-0.4, -0.2) is 18.9 Å². The van der Waals surface area contributed by atoms with Crippen molar-refractivity contribution in [2.45, 2.75) is 46.1 Å². The topological polar surface area (TPSA) is 55.1 Å². The van der Waals surface area contributed by atoms with E-state index in [9.17, 15) is 4.79 Å². The van der Waals surface area contributed by atoms with E-state index in [1.54, 1.807) is 6.08 Å². The quantitative estimate of drug-likeness (QED) is 0.415. The van der Waals surface area contributed by atoms with Gasteiger partial charge in [-0.1, -0.05) is 63.0 Å². The zero-order valence-corrected chi connectivity index (χ0v) is 15.7. The fraction of sp³-hybridized carbons (Fsp3) is 0.381. The van der Waals surface area contributed by atoms with Gasteiger partial charge in [0, 0.05) is 5.70 Å². The summed E-state index contributed by atoms with van der Waals surface area (Å²) < 4.78 is 0. The van der Waals surface area contributed by atoms with Crippen LogP contribution >= 0.6 is 0 Å².